The van der Waals surface area contributed by atoms with Gasteiger partial charge < -0.3 is 9.84 Å². The molecule has 1 heterocycles. The predicted octanol–water partition coefficient (Wildman–Crippen LogP) is 3.59. The van der Waals surface area contributed by atoms with Crippen LogP contribution in [0.5, 0.6) is 5.75 Å². The van der Waals surface area contributed by atoms with Crippen LogP contribution in [0, 0.1) is 29.6 Å². The average Bonchev–Trinajstić information content (AvgIpc) is 3.23. The first kappa shape index (κ1) is 18.0. The lowest BCUT2D eigenvalue weighted by atomic mass is 9.69. The van der Waals surface area contributed by atoms with Crippen LogP contribution < -0.4 is 4.74 Å². The molecule has 1 aromatic rings. The molecule has 1 N–H and O–H groups in total. The van der Waals surface area contributed by atoms with Crippen molar-refractivity contribution < 1.29 is 14.6 Å². The molecule has 2 saturated carbocycles. The van der Waals surface area contributed by atoms with Gasteiger partial charge in [0, 0.05) is 18.0 Å². The lowest BCUT2D eigenvalue weighted by molar-refractivity contribution is -0.121. The van der Waals surface area contributed by atoms with Crippen molar-refractivity contribution in [1.29, 1.82) is 0 Å². The van der Waals surface area contributed by atoms with Gasteiger partial charge in [-0.1, -0.05) is 13.8 Å². The number of aliphatic hydroxyl groups is 1. The van der Waals surface area contributed by atoms with Crippen LogP contribution in [0.3, 0.4) is 0 Å². The van der Waals surface area contributed by atoms with Crippen LogP contribution in [-0.2, 0) is 17.6 Å². The number of aromatic nitrogens is 1. The summed E-state index contributed by atoms with van der Waals surface area (Å²) in [4.78, 5) is 17.4. The molecule has 0 amide bonds. The molecule has 4 heteroatoms. The van der Waals surface area contributed by atoms with E-state index >= 15 is 0 Å². The number of ketones is 1. The summed E-state index contributed by atoms with van der Waals surface area (Å²) in [5.74, 6) is 3.51. The number of hydrogen-bond donors (Lipinski definition) is 1. The number of hydrogen-bond acceptors (Lipinski definition) is 4. The molecule has 0 saturated heterocycles. The number of Topliss-reactive ketones (excluding diaryl/α,β-unsaturated/α-hetero) is 1. The second kappa shape index (κ2) is 6.63. The zero-order valence-electron chi connectivity index (χ0n) is 16.2. The summed E-state index contributed by atoms with van der Waals surface area (Å²) >= 11 is 0. The molecular formula is C22H31NO3. The molecule has 1 aromatic heterocycles. The van der Waals surface area contributed by atoms with E-state index in [-0.39, 0.29) is 5.92 Å². The predicted molar refractivity (Wildman–Crippen MR) is 100 cm³/mol. The Morgan fingerprint density at radius 3 is 2.81 bits per heavy atom. The van der Waals surface area contributed by atoms with Gasteiger partial charge >= 0.3 is 0 Å². The van der Waals surface area contributed by atoms with Gasteiger partial charge in [-0.25, -0.2) is 0 Å². The van der Waals surface area contributed by atoms with Gasteiger partial charge in [0.2, 0.25) is 0 Å². The van der Waals surface area contributed by atoms with E-state index in [2.05, 4.69) is 19.9 Å². The average molecular weight is 357 g/mol. The van der Waals surface area contributed by atoms with E-state index < -0.39 is 5.60 Å². The summed E-state index contributed by atoms with van der Waals surface area (Å²) in [6, 6.07) is 2.10. The van der Waals surface area contributed by atoms with Crippen LogP contribution in [0.15, 0.2) is 12.3 Å². The minimum absolute atomic E-state index is 0.216. The standard InChI is InChI=1S/C22H31NO3/c1-13(2)6-7-26-16-8-14-4-5-19(24)21-17(9-18(14)23-12-16)20(21)15-10-22(3,25)11-15/h8,12-13,15,17,20-21,25H,4-7,9-11H2,1-3H3/t15-,17?,20?,21?,22+. The highest BCUT2D eigenvalue weighted by Crippen LogP contribution is 2.61. The van der Waals surface area contributed by atoms with Crippen molar-refractivity contribution in [3.05, 3.63) is 23.5 Å². The Labute approximate surface area is 156 Å². The summed E-state index contributed by atoms with van der Waals surface area (Å²) in [6.07, 6.45) is 6.88. The minimum Gasteiger partial charge on any atom is -0.492 e. The van der Waals surface area contributed by atoms with E-state index in [1.165, 1.54) is 5.56 Å². The van der Waals surface area contributed by atoms with Gasteiger partial charge in [0.1, 0.15) is 11.5 Å². The number of carbonyl (C=O) groups excluding carboxylic acids is 1. The van der Waals surface area contributed by atoms with E-state index in [4.69, 9.17) is 9.72 Å². The molecule has 2 fully saturated rings. The highest BCUT2D eigenvalue weighted by molar-refractivity contribution is 5.85. The summed E-state index contributed by atoms with van der Waals surface area (Å²) in [5, 5.41) is 10.1. The number of carbonyl (C=O) groups is 1. The van der Waals surface area contributed by atoms with Gasteiger partial charge in [0.05, 0.1) is 18.4 Å². The van der Waals surface area contributed by atoms with Crippen molar-refractivity contribution in [2.45, 2.75) is 64.9 Å². The molecule has 3 atom stereocenters. The molecule has 0 radical (unpaired) electrons. The fourth-order valence-corrected chi connectivity index (χ4v) is 5.16. The highest BCUT2D eigenvalue weighted by Gasteiger charge is 2.61. The molecule has 26 heavy (non-hydrogen) atoms. The number of aryl methyl sites for hydroxylation is 1. The van der Waals surface area contributed by atoms with Crippen LogP contribution >= 0.6 is 0 Å². The molecule has 0 spiro atoms. The molecule has 0 aliphatic heterocycles. The van der Waals surface area contributed by atoms with Gasteiger partial charge in [-0.05, 0) is 74.3 Å². The fraction of sp³-hybridized carbons (Fsp3) is 0.727. The first-order valence-corrected chi connectivity index (χ1v) is 10.2. The Balaban J connectivity index is 1.44. The molecule has 3 aliphatic rings. The van der Waals surface area contributed by atoms with E-state index in [1.807, 2.05) is 13.1 Å². The molecule has 4 rings (SSSR count). The van der Waals surface area contributed by atoms with E-state index in [0.29, 0.717) is 42.5 Å². The van der Waals surface area contributed by atoms with Gasteiger partial charge in [0.15, 0.2) is 0 Å². The maximum absolute atomic E-state index is 12.7. The zero-order valence-corrected chi connectivity index (χ0v) is 16.2. The van der Waals surface area contributed by atoms with Crippen LogP contribution in [-0.4, -0.2) is 28.1 Å². The van der Waals surface area contributed by atoms with E-state index in [0.717, 1.165) is 43.5 Å². The molecular weight excluding hydrogens is 326 g/mol. The summed E-state index contributed by atoms with van der Waals surface area (Å²) in [6.45, 7) is 7.01. The van der Waals surface area contributed by atoms with Crippen LogP contribution in [0.1, 0.15) is 57.7 Å². The first-order chi connectivity index (χ1) is 12.3. The fourth-order valence-electron chi connectivity index (χ4n) is 5.16. The lowest BCUT2D eigenvalue weighted by Gasteiger charge is -2.41. The first-order valence-electron chi connectivity index (χ1n) is 10.2. The summed E-state index contributed by atoms with van der Waals surface area (Å²) in [5.41, 5.74) is 1.83. The molecule has 3 aliphatic carbocycles. The Kier molecular flexibility index (Phi) is 4.58. The number of ether oxygens (including phenoxy) is 1. The topological polar surface area (TPSA) is 59.4 Å². The van der Waals surface area contributed by atoms with Crippen LogP contribution in [0.4, 0.5) is 0 Å². The Morgan fingerprint density at radius 2 is 2.12 bits per heavy atom. The Hall–Kier alpha value is -1.42. The van der Waals surface area contributed by atoms with Crippen molar-refractivity contribution in [3.8, 4) is 5.75 Å². The number of nitrogens with zero attached hydrogens (tertiary/aromatic N) is 1. The second-order valence-electron chi connectivity index (χ2n) is 9.41. The molecule has 3 unspecified atom stereocenters. The van der Waals surface area contributed by atoms with Crippen molar-refractivity contribution in [1.82, 2.24) is 4.98 Å². The summed E-state index contributed by atoms with van der Waals surface area (Å²) < 4.78 is 5.85. The molecule has 0 bridgehead atoms. The number of rotatable bonds is 5. The van der Waals surface area contributed by atoms with Crippen LogP contribution in [0.2, 0.25) is 0 Å². The molecule has 142 valence electrons. The monoisotopic (exact) mass is 357 g/mol. The van der Waals surface area contributed by atoms with Crippen LogP contribution in [0.25, 0.3) is 0 Å². The Morgan fingerprint density at radius 1 is 1.35 bits per heavy atom. The second-order valence-corrected chi connectivity index (χ2v) is 9.41. The molecule has 4 nitrogen and oxygen atoms in total. The van der Waals surface area contributed by atoms with Crippen molar-refractivity contribution in [2.24, 2.45) is 29.6 Å². The van der Waals surface area contributed by atoms with E-state index in [1.54, 1.807) is 0 Å². The van der Waals surface area contributed by atoms with Gasteiger partial charge in [-0.15, -0.1) is 0 Å². The van der Waals surface area contributed by atoms with Gasteiger partial charge in [-0.3, -0.25) is 9.78 Å². The minimum atomic E-state index is -0.510. The van der Waals surface area contributed by atoms with Crippen molar-refractivity contribution in [2.75, 3.05) is 6.61 Å². The third kappa shape index (κ3) is 3.53. The quantitative estimate of drug-likeness (QED) is 0.875. The van der Waals surface area contributed by atoms with Gasteiger partial charge in [-0.2, -0.15) is 0 Å². The van der Waals surface area contributed by atoms with Crippen molar-refractivity contribution >= 4 is 5.78 Å². The Bertz CT molecular complexity index is 689. The maximum Gasteiger partial charge on any atom is 0.137 e. The van der Waals surface area contributed by atoms with Crippen molar-refractivity contribution in [3.63, 3.8) is 0 Å². The zero-order chi connectivity index (χ0) is 18.5. The summed E-state index contributed by atoms with van der Waals surface area (Å²) in [7, 11) is 0. The third-order valence-electron chi connectivity index (χ3n) is 6.62. The molecule has 0 aromatic carbocycles. The van der Waals surface area contributed by atoms with Gasteiger partial charge in [0.25, 0.3) is 0 Å². The lowest BCUT2D eigenvalue weighted by Crippen LogP contribution is -2.42. The largest absolute Gasteiger partial charge is 0.492 e. The smallest absolute Gasteiger partial charge is 0.137 e. The number of pyridine rings is 1. The van der Waals surface area contributed by atoms with E-state index in [9.17, 15) is 9.90 Å². The number of fused-ring (bicyclic) bond motifs is 2. The maximum atomic E-state index is 12.7. The SMILES string of the molecule is CC(C)CCOc1cnc2c(c1)CCC(=O)C1C(C2)C1[C@H]1C[C@@](C)(O)C1. The third-order valence-corrected chi connectivity index (χ3v) is 6.62. The highest BCUT2D eigenvalue weighted by atomic mass is 16.5. The normalized spacial score (nSPS) is 35.8.